The van der Waals surface area contributed by atoms with E-state index in [1.807, 2.05) is 0 Å². The highest BCUT2D eigenvalue weighted by atomic mass is 19.4. The van der Waals surface area contributed by atoms with E-state index >= 15 is 0 Å². The number of halogens is 3. The molecule has 0 saturated heterocycles. The predicted octanol–water partition coefficient (Wildman–Crippen LogP) is 3.69. The highest BCUT2D eigenvalue weighted by molar-refractivity contribution is 6.34. The Kier molecular flexibility index (Phi) is 3.35. The molecule has 0 aromatic heterocycles. The minimum Gasteiger partial charge on any atom is -0.404 e. The van der Waals surface area contributed by atoms with E-state index in [2.05, 4.69) is 4.74 Å². The Balaban J connectivity index is 2.11. The Morgan fingerprint density at radius 3 is 2.04 bits per heavy atom. The summed E-state index contributed by atoms with van der Waals surface area (Å²) in [5.74, 6) is -1.95. The summed E-state index contributed by atoms with van der Waals surface area (Å²) < 4.78 is 41.6. The summed E-state index contributed by atoms with van der Waals surface area (Å²) in [5.41, 5.74) is 0.661. The smallest absolute Gasteiger partial charge is 0.404 e. The van der Waals surface area contributed by atoms with Crippen LogP contribution < -0.4 is 9.64 Å². The fraction of sp³-hybridized carbons (Fsp3) is 0.125. The summed E-state index contributed by atoms with van der Waals surface area (Å²) in [6.07, 6.45) is -4.93. The molecule has 0 spiro atoms. The lowest BCUT2D eigenvalue weighted by Gasteiger charge is -2.19. The Hall–Kier alpha value is -2.83. The third-order valence-corrected chi connectivity index (χ3v) is 3.38. The number of benzene rings is 2. The van der Waals surface area contributed by atoms with Crippen molar-refractivity contribution in [2.75, 3.05) is 4.90 Å². The van der Waals surface area contributed by atoms with E-state index in [-0.39, 0.29) is 16.8 Å². The molecule has 0 aliphatic carbocycles. The van der Waals surface area contributed by atoms with E-state index in [0.29, 0.717) is 10.5 Å². The van der Waals surface area contributed by atoms with Crippen LogP contribution in [-0.2, 0) is 0 Å². The first kappa shape index (κ1) is 15.1. The zero-order valence-corrected chi connectivity index (χ0v) is 11.8. The molecule has 0 saturated carbocycles. The first-order valence-electron chi connectivity index (χ1n) is 6.62. The molecule has 1 aliphatic heterocycles. The van der Waals surface area contributed by atoms with E-state index in [9.17, 15) is 22.8 Å². The van der Waals surface area contributed by atoms with Gasteiger partial charge >= 0.3 is 6.36 Å². The largest absolute Gasteiger partial charge is 0.573 e. The van der Waals surface area contributed by atoms with Crippen molar-refractivity contribution in [1.29, 1.82) is 0 Å². The van der Waals surface area contributed by atoms with Gasteiger partial charge < -0.3 is 4.74 Å². The van der Waals surface area contributed by atoms with Crippen molar-refractivity contribution in [3.63, 3.8) is 0 Å². The Bertz CT molecular complexity index is 779. The van der Waals surface area contributed by atoms with E-state index in [4.69, 9.17) is 0 Å². The molecule has 1 aliphatic rings. The van der Waals surface area contributed by atoms with Crippen LogP contribution in [0.25, 0.3) is 0 Å². The quantitative estimate of drug-likeness (QED) is 0.793. The first-order valence-corrected chi connectivity index (χ1v) is 6.62. The topological polar surface area (TPSA) is 46.6 Å². The predicted molar refractivity (Wildman–Crippen MR) is 75.4 cm³/mol. The summed E-state index contributed by atoms with van der Waals surface area (Å²) in [6, 6.07) is 9.87. The van der Waals surface area contributed by atoms with Crippen LogP contribution in [0.2, 0.25) is 0 Å². The zero-order valence-electron chi connectivity index (χ0n) is 11.8. The second-order valence-corrected chi connectivity index (χ2v) is 5.01. The van der Waals surface area contributed by atoms with Gasteiger partial charge in [0.2, 0.25) is 0 Å². The van der Waals surface area contributed by atoms with Crippen LogP contribution in [0.3, 0.4) is 0 Å². The molecule has 7 heteroatoms. The Labute approximate surface area is 129 Å². The summed E-state index contributed by atoms with van der Waals surface area (Å²) in [4.78, 5) is 25.5. The lowest BCUT2D eigenvalue weighted by Crippen LogP contribution is -2.30. The molecule has 0 bridgehead atoms. The lowest BCUT2D eigenvalue weighted by molar-refractivity contribution is -0.274. The van der Waals surface area contributed by atoms with Gasteiger partial charge in [0.25, 0.3) is 11.8 Å². The maximum absolute atomic E-state index is 12.6. The van der Waals surface area contributed by atoms with Gasteiger partial charge in [-0.2, -0.15) is 0 Å². The van der Waals surface area contributed by atoms with Crippen LogP contribution in [0.4, 0.5) is 18.9 Å². The van der Waals surface area contributed by atoms with E-state index in [1.54, 1.807) is 19.1 Å². The van der Waals surface area contributed by atoms with Gasteiger partial charge in [-0.1, -0.05) is 18.2 Å². The number of carbonyl (C=O) groups is 2. The highest BCUT2D eigenvalue weighted by Crippen LogP contribution is 2.37. The van der Waals surface area contributed by atoms with Gasteiger partial charge in [-0.25, -0.2) is 4.90 Å². The van der Waals surface area contributed by atoms with Crippen LogP contribution in [-0.4, -0.2) is 18.2 Å². The molecule has 4 nitrogen and oxygen atoms in total. The number of anilines is 1. The summed E-state index contributed by atoms with van der Waals surface area (Å²) in [5, 5.41) is 0. The number of imide groups is 1. The number of ether oxygens (including phenoxy) is 1. The normalized spacial score (nSPS) is 14.2. The molecule has 2 amide bonds. The number of amides is 2. The van der Waals surface area contributed by atoms with E-state index in [0.717, 1.165) is 6.07 Å². The van der Waals surface area contributed by atoms with Gasteiger partial charge in [-0.3, -0.25) is 9.59 Å². The fourth-order valence-corrected chi connectivity index (χ4v) is 2.42. The molecule has 0 N–H and O–H groups in total. The van der Waals surface area contributed by atoms with E-state index < -0.39 is 23.9 Å². The Morgan fingerprint density at radius 2 is 1.52 bits per heavy atom. The van der Waals surface area contributed by atoms with E-state index in [1.165, 1.54) is 24.3 Å². The molecule has 2 aromatic carbocycles. The van der Waals surface area contributed by atoms with Crippen LogP contribution in [0.15, 0.2) is 42.5 Å². The number of alkyl halides is 3. The van der Waals surface area contributed by atoms with Gasteiger partial charge in [-0.05, 0) is 36.8 Å². The second kappa shape index (κ2) is 5.12. The molecule has 2 aromatic rings. The average Bonchev–Trinajstić information content (AvgIpc) is 2.72. The van der Waals surface area contributed by atoms with Crippen molar-refractivity contribution < 1.29 is 27.5 Å². The zero-order chi connectivity index (χ0) is 16.8. The lowest BCUT2D eigenvalue weighted by atomic mass is 10.1. The van der Waals surface area contributed by atoms with Crippen LogP contribution in [0, 0.1) is 6.92 Å². The molecule has 23 heavy (non-hydrogen) atoms. The number of fused-ring (bicyclic) bond motifs is 1. The van der Waals surface area contributed by atoms with Gasteiger partial charge in [0, 0.05) is 0 Å². The second-order valence-electron chi connectivity index (χ2n) is 5.01. The molecular weight excluding hydrogens is 311 g/mol. The van der Waals surface area contributed by atoms with Crippen LogP contribution >= 0.6 is 0 Å². The van der Waals surface area contributed by atoms with Crippen molar-refractivity contribution >= 4 is 17.5 Å². The summed E-state index contributed by atoms with van der Waals surface area (Å²) >= 11 is 0. The molecule has 0 atom stereocenters. The molecule has 118 valence electrons. The standard InChI is InChI=1S/C16H10F3NO3/c1-9-6-7-13(23-16(17,18)19)12(8-9)20-14(21)10-4-2-3-5-11(10)15(20)22/h2-8H,1H3. The number of hydrogen-bond acceptors (Lipinski definition) is 3. The molecule has 0 unspecified atom stereocenters. The molecule has 0 fully saturated rings. The maximum Gasteiger partial charge on any atom is 0.573 e. The van der Waals surface area contributed by atoms with Gasteiger partial charge in [0.15, 0.2) is 5.75 Å². The van der Waals surface area contributed by atoms with Gasteiger partial charge in [0.1, 0.15) is 0 Å². The first-order chi connectivity index (χ1) is 10.8. The minimum absolute atomic E-state index is 0.150. The third-order valence-electron chi connectivity index (χ3n) is 3.38. The van der Waals surface area contributed by atoms with Crippen molar-refractivity contribution in [3.8, 4) is 5.75 Å². The number of hydrogen-bond donors (Lipinski definition) is 0. The average molecular weight is 321 g/mol. The fourth-order valence-electron chi connectivity index (χ4n) is 2.42. The van der Waals surface area contributed by atoms with Gasteiger partial charge in [-0.15, -0.1) is 13.2 Å². The number of rotatable bonds is 2. The third kappa shape index (κ3) is 2.65. The van der Waals surface area contributed by atoms with Crippen molar-refractivity contribution in [2.45, 2.75) is 13.3 Å². The molecule has 0 radical (unpaired) electrons. The van der Waals surface area contributed by atoms with Crippen LogP contribution in [0.5, 0.6) is 5.75 Å². The van der Waals surface area contributed by atoms with Crippen LogP contribution in [0.1, 0.15) is 26.3 Å². The molecule has 1 heterocycles. The SMILES string of the molecule is Cc1ccc(OC(F)(F)F)c(N2C(=O)c3ccccc3C2=O)c1. The van der Waals surface area contributed by atoms with Crippen molar-refractivity contribution in [3.05, 3.63) is 59.2 Å². The molecule has 3 rings (SSSR count). The highest BCUT2D eigenvalue weighted by Gasteiger charge is 2.40. The number of carbonyl (C=O) groups excluding carboxylic acids is 2. The monoisotopic (exact) mass is 321 g/mol. The van der Waals surface area contributed by atoms with Gasteiger partial charge in [0.05, 0.1) is 16.8 Å². The van der Waals surface area contributed by atoms with Crippen molar-refractivity contribution in [1.82, 2.24) is 0 Å². The maximum atomic E-state index is 12.6. The van der Waals surface area contributed by atoms with Crippen molar-refractivity contribution in [2.24, 2.45) is 0 Å². The number of aryl methyl sites for hydroxylation is 1. The summed E-state index contributed by atoms with van der Waals surface area (Å²) in [7, 11) is 0. The molecular formula is C16H10F3NO3. The summed E-state index contributed by atoms with van der Waals surface area (Å²) in [6.45, 7) is 1.64. The Morgan fingerprint density at radius 1 is 0.957 bits per heavy atom. The number of nitrogens with zero attached hydrogens (tertiary/aromatic N) is 1. The minimum atomic E-state index is -4.93.